The first-order valence-electron chi connectivity index (χ1n) is 20.9. The summed E-state index contributed by atoms with van der Waals surface area (Å²) in [6.07, 6.45) is 47.1. The van der Waals surface area contributed by atoms with Crippen LogP contribution in [0.25, 0.3) is 0 Å². The number of hydrogen-bond donors (Lipinski definition) is 3. The first kappa shape index (κ1) is 51.9. The van der Waals surface area contributed by atoms with Crippen LogP contribution < -0.4 is 0 Å². The van der Waals surface area contributed by atoms with Gasteiger partial charge in [-0.2, -0.15) is 0 Å². The molecule has 0 heterocycles. The van der Waals surface area contributed by atoms with Crippen LogP contribution >= 0.6 is 7.82 Å². The molecule has 0 aromatic rings. The van der Waals surface area contributed by atoms with Crippen LogP contribution in [0.4, 0.5) is 0 Å². The van der Waals surface area contributed by atoms with E-state index in [9.17, 15) is 19.4 Å². The molecular formula is C44H77O9P. The molecule has 0 radical (unpaired) electrons. The van der Waals surface area contributed by atoms with E-state index >= 15 is 0 Å². The molecular weight excluding hydrogens is 703 g/mol. The third kappa shape index (κ3) is 39.6. The lowest BCUT2D eigenvalue weighted by molar-refractivity contribution is -0.154. The number of aliphatic hydroxyl groups excluding tert-OH is 2. The summed E-state index contributed by atoms with van der Waals surface area (Å²) in [5.74, 6) is -0.405. The fourth-order valence-electron chi connectivity index (χ4n) is 5.21. The fraction of sp³-hybridized carbons (Fsp3) is 0.705. The number of rotatable bonds is 39. The molecule has 0 amide bonds. The third-order valence-corrected chi connectivity index (χ3v) is 9.31. The molecule has 0 aromatic carbocycles. The highest BCUT2D eigenvalue weighted by atomic mass is 31.2. The zero-order chi connectivity index (χ0) is 39.6. The highest BCUT2D eigenvalue weighted by Gasteiger charge is 2.26. The fourth-order valence-corrected chi connectivity index (χ4v) is 6.00. The second-order valence-electron chi connectivity index (χ2n) is 13.6. The highest BCUT2D eigenvalue weighted by molar-refractivity contribution is 7.47. The summed E-state index contributed by atoms with van der Waals surface area (Å²) in [6.45, 7) is 3.27. The Morgan fingerprint density at radius 2 is 1.06 bits per heavy atom. The number of phosphoric acid groups is 1. The number of carbonyl (C=O) groups is 1. The summed E-state index contributed by atoms with van der Waals surface area (Å²) in [6, 6.07) is 0. The average Bonchev–Trinajstić information content (AvgIpc) is 3.16. The maximum absolute atomic E-state index is 12.6. The first-order valence-corrected chi connectivity index (χ1v) is 22.4. The monoisotopic (exact) mass is 781 g/mol. The van der Waals surface area contributed by atoms with Crippen LogP contribution in [0, 0.1) is 0 Å². The molecule has 0 aliphatic carbocycles. The lowest BCUT2D eigenvalue weighted by Crippen LogP contribution is -2.29. The van der Waals surface area contributed by atoms with Crippen molar-refractivity contribution in [1.29, 1.82) is 0 Å². The molecule has 0 saturated heterocycles. The molecule has 9 nitrogen and oxygen atoms in total. The number of ether oxygens (including phenoxy) is 2. The predicted octanol–water partition coefficient (Wildman–Crippen LogP) is 11.4. The summed E-state index contributed by atoms with van der Waals surface area (Å²) in [5.41, 5.74) is 0. The van der Waals surface area contributed by atoms with Crippen molar-refractivity contribution in [2.24, 2.45) is 0 Å². The standard InChI is InChI=1S/C44H77O9P/c1-3-5-7-9-11-13-15-17-18-19-20-21-22-23-25-27-29-31-33-35-37-50-40-43(41-52-54(48,49)51-39-42(46)38-45)53-44(47)36-34-32-30-28-26-24-16-14-12-10-8-6-4-2/h5,7-8,10-11,13-14,16-18,20-21,42-43,45-46H,3-4,6,9,12,15,19,22-41H2,1-2H3,(H,48,49)/b7-5-,10-8-,13-11-,16-14-,18-17-,21-20-. The largest absolute Gasteiger partial charge is 0.472 e. The van der Waals surface area contributed by atoms with Gasteiger partial charge >= 0.3 is 13.8 Å². The Morgan fingerprint density at radius 1 is 0.593 bits per heavy atom. The van der Waals surface area contributed by atoms with Gasteiger partial charge in [0.25, 0.3) is 0 Å². The minimum absolute atomic E-state index is 0.0320. The van der Waals surface area contributed by atoms with Crippen LogP contribution in [-0.4, -0.2) is 66.3 Å². The van der Waals surface area contributed by atoms with Crippen LogP contribution in [0.5, 0.6) is 0 Å². The quantitative estimate of drug-likeness (QED) is 0.0241. The minimum atomic E-state index is -4.53. The van der Waals surface area contributed by atoms with Crippen molar-refractivity contribution in [2.45, 2.75) is 167 Å². The number of carbonyl (C=O) groups excluding carboxylic acids is 1. The van der Waals surface area contributed by atoms with Crippen molar-refractivity contribution < 1.29 is 43.0 Å². The Bertz CT molecular complexity index is 1070. The predicted molar refractivity (Wildman–Crippen MR) is 223 cm³/mol. The summed E-state index contributed by atoms with van der Waals surface area (Å²) in [4.78, 5) is 22.5. The normalized spacial score (nSPS) is 14.8. The Hall–Kier alpha value is -2.10. The van der Waals surface area contributed by atoms with Gasteiger partial charge in [0.1, 0.15) is 12.2 Å². The van der Waals surface area contributed by atoms with Gasteiger partial charge in [-0.05, 0) is 77.0 Å². The van der Waals surface area contributed by atoms with Gasteiger partial charge in [0.05, 0.1) is 26.4 Å². The Balaban J connectivity index is 4.21. The number of phosphoric ester groups is 1. The highest BCUT2D eigenvalue weighted by Crippen LogP contribution is 2.43. The molecule has 0 rings (SSSR count). The second kappa shape index (κ2) is 40.6. The maximum Gasteiger partial charge on any atom is 0.472 e. The van der Waals surface area contributed by atoms with Crippen molar-refractivity contribution in [3.05, 3.63) is 72.9 Å². The number of allylic oxidation sites excluding steroid dienone is 12. The zero-order valence-electron chi connectivity index (χ0n) is 33.9. The van der Waals surface area contributed by atoms with E-state index in [0.717, 1.165) is 96.3 Å². The van der Waals surface area contributed by atoms with E-state index in [2.05, 4.69) is 86.8 Å². The van der Waals surface area contributed by atoms with E-state index < -0.39 is 45.8 Å². The molecule has 10 heteroatoms. The van der Waals surface area contributed by atoms with Crippen LogP contribution in [0.3, 0.4) is 0 Å². The van der Waals surface area contributed by atoms with Gasteiger partial charge in [-0.3, -0.25) is 13.8 Å². The van der Waals surface area contributed by atoms with E-state index in [0.29, 0.717) is 13.0 Å². The molecule has 3 atom stereocenters. The van der Waals surface area contributed by atoms with E-state index in [4.69, 9.17) is 23.6 Å². The Labute approximate surface area is 329 Å². The molecule has 3 unspecified atom stereocenters. The van der Waals surface area contributed by atoms with Crippen molar-refractivity contribution in [3.8, 4) is 0 Å². The van der Waals surface area contributed by atoms with Crippen molar-refractivity contribution in [2.75, 3.05) is 33.0 Å². The summed E-state index contributed by atoms with van der Waals surface area (Å²) in [5, 5.41) is 18.3. The number of esters is 1. The third-order valence-electron chi connectivity index (χ3n) is 8.36. The molecule has 312 valence electrons. The van der Waals surface area contributed by atoms with Crippen molar-refractivity contribution in [1.82, 2.24) is 0 Å². The van der Waals surface area contributed by atoms with E-state index in [1.165, 1.54) is 32.1 Å². The lowest BCUT2D eigenvalue weighted by atomic mass is 10.1. The number of hydrogen-bond acceptors (Lipinski definition) is 8. The molecule has 0 fully saturated rings. The summed E-state index contributed by atoms with van der Waals surface area (Å²) < 4.78 is 33.3. The van der Waals surface area contributed by atoms with Gasteiger partial charge in [-0.25, -0.2) is 4.57 Å². The average molecular weight is 781 g/mol. The Morgan fingerprint density at radius 3 is 1.59 bits per heavy atom. The van der Waals surface area contributed by atoms with Gasteiger partial charge in [0, 0.05) is 13.0 Å². The molecule has 0 bridgehead atoms. The van der Waals surface area contributed by atoms with Gasteiger partial charge < -0.3 is 24.6 Å². The molecule has 3 N–H and O–H groups in total. The summed E-state index contributed by atoms with van der Waals surface area (Å²) in [7, 11) is -4.53. The van der Waals surface area contributed by atoms with Gasteiger partial charge in [0.15, 0.2) is 0 Å². The maximum atomic E-state index is 12.6. The van der Waals surface area contributed by atoms with Crippen LogP contribution in [0.15, 0.2) is 72.9 Å². The molecule has 0 aromatic heterocycles. The smallest absolute Gasteiger partial charge is 0.457 e. The van der Waals surface area contributed by atoms with Crippen LogP contribution in [0.1, 0.15) is 155 Å². The van der Waals surface area contributed by atoms with Crippen molar-refractivity contribution in [3.63, 3.8) is 0 Å². The number of aliphatic hydroxyl groups is 2. The molecule has 54 heavy (non-hydrogen) atoms. The first-order chi connectivity index (χ1) is 26.3. The second-order valence-corrected chi connectivity index (χ2v) is 15.1. The Kier molecular flexibility index (Phi) is 39.0. The van der Waals surface area contributed by atoms with Crippen LogP contribution in [0.2, 0.25) is 0 Å². The van der Waals surface area contributed by atoms with Gasteiger partial charge in [-0.1, -0.05) is 145 Å². The van der Waals surface area contributed by atoms with E-state index in [1.807, 2.05) is 0 Å². The number of unbranched alkanes of at least 4 members (excludes halogenated alkanes) is 13. The van der Waals surface area contributed by atoms with E-state index in [1.54, 1.807) is 0 Å². The zero-order valence-corrected chi connectivity index (χ0v) is 34.8. The lowest BCUT2D eigenvalue weighted by Gasteiger charge is -2.20. The molecule has 0 aliphatic rings. The molecule has 0 aliphatic heterocycles. The van der Waals surface area contributed by atoms with Gasteiger partial charge in [-0.15, -0.1) is 0 Å². The van der Waals surface area contributed by atoms with Crippen molar-refractivity contribution >= 4 is 13.8 Å². The summed E-state index contributed by atoms with van der Waals surface area (Å²) >= 11 is 0. The van der Waals surface area contributed by atoms with Crippen LogP contribution in [-0.2, 0) is 27.9 Å². The van der Waals surface area contributed by atoms with Gasteiger partial charge in [0.2, 0.25) is 0 Å². The molecule has 0 saturated carbocycles. The molecule has 0 spiro atoms. The topological polar surface area (TPSA) is 132 Å². The minimum Gasteiger partial charge on any atom is -0.457 e. The SMILES string of the molecule is CC/C=C\C/C=C\C/C=C\C/C=C\CCCCCCCCCOCC(COP(=O)(O)OCC(O)CO)OC(=O)CCCCCCC/C=C\C/C=C\CCC. The van der Waals surface area contributed by atoms with E-state index in [-0.39, 0.29) is 13.0 Å².